The van der Waals surface area contributed by atoms with Crippen LogP contribution in [0.25, 0.3) is 0 Å². The average Bonchev–Trinajstić information content (AvgIpc) is 2.88. The zero-order chi connectivity index (χ0) is 14.9. The van der Waals surface area contributed by atoms with Crippen molar-refractivity contribution >= 4 is 15.5 Å². The van der Waals surface area contributed by atoms with Gasteiger partial charge in [0.2, 0.25) is 0 Å². The molecule has 2 aromatic rings. The molecule has 1 saturated heterocycles. The Morgan fingerprint density at radius 1 is 1.19 bits per heavy atom. The summed E-state index contributed by atoms with van der Waals surface area (Å²) in [7, 11) is -2.86. The number of nitrogens with zero attached hydrogens (tertiary/aromatic N) is 2. The molecule has 5 nitrogen and oxygen atoms in total. The monoisotopic (exact) mass is 305 g/mol. The van der Waals surface area contributed by atoms with E-state index in [0.717, 1.165) is 5.56 Å². The molecule has 0 unspecified atom stereocenters. The number of rotatable bonds is 3. The molecule has 0 spiro atoms. The van der Waals surface area contributed by atoms with E-state index >= 15 is 0 Å². The van der Waals surface area contributed by atoms with Crippen LogP contribution in [0.3, 0.4) is 0 Å². The summed E-state index contributed by atoms with van der Waals surface area (Å²) in [6.07, 6.45) is 4.79. The number of nitrogens with two attached hydrogens (primary N) is 1. The van der Waals surface area contributed by atoms with Crippen molar-refractivity contribution in [2.24, 2.45) is 5.92 Å². The van der Waals surface area contributed by atoms with Crippen molar-refractivity contribution in [1.29, 1.82) is 0 Å². The molecule has 0 bridgehead atoms. The van der Waals surface area contributed by atoms with E-state index in [1.165, 1.54) is 0 Å². The lowest BCUT2D eigenvalue weighted by molar-refractivity contribution is 0.326. The maximum atomic E-state index is 11.7. The molecular formula is C15H19N3O2S. The van der Waals surface area contributed by atoms with E-state index in [1.807, 2.05) is 29.1 Å². The Morgan fingerprint density at radius 2 is 1.86 bits per heavy atom. The number of benzene rings is 1. The summed E-state index contributed by atoms with van der Waals surface area (Å²) in [6.45, 7) is 0. The third-order valence-corrected chi connectivity index (χ3v) is 5.81. The molecule has 6 heteroatoms. The second-order valence-corrected chi connectivity index (χ2v) is 7.90. The SMILES string of the molecule is Nc1cnn([C@H](c2ccccc2)C2CCS(=O)(=O)CC2)c1. The second-order valence-electron chi connectivity index (χ2n) is 5.60. The molecule has 0 radical (unpaired) electrons. The molecular weight excluding hydrogens is 286 g/mol. The van der Waals surface area contributed by atoms with Gasteiger partial charge in [-0.1, -0.05) is 30.3 Å². The Kier molecular flexibility index (Phi) is 3.71. The van der Waals surface area contributed by atoms with Gasteiger partial charge in [0, 0.05) is 6.20 Å². The van der Waals surface area contributed by atoms with Gasteiger partial charge in [-0.3, -0.25) is 4.68 Å². The standard InChI is InChI=1S/C15H19N3O2S/c16-14-10-17-18(11-14)15(12-4-2-1-3-5-12)13-6-8-21(19,20)9-7-13/h1-5,10-11,13,15H,6-9,16H2/t15-/m1/s1. The van der Waals surface area contributed by atoms with Crippen molar-refractivity contribution in [1.82, 2.24) is 9.78 Å². The highest BCUT2D eigenvalue weighted by Gasteiger charge is 2.31. The smallest absolute Gasteiger partial charge is 0.150 e. The van der Waals surface area contributed by atoms with Crippen LogP contribution in [0.5, 0.6) is 0 Å². The van der Waals surface area contributed by atoms with Gasteiger partial charge in [0.25, 0.3) is 0 Å². The first-order valence-electron chi connectivity index (χ1n) is 7.10. The topological polar surface area (TPSA) is 78.0 Å². The van der Waals surface area contributed by atoms with Crippen LogP contribution in [0.15, 0.2) is 42.7 Å². The van der Waals surface area contributed by atoms with Crippen LogP contribution < -0.4 is 5.73 Å². The quantitative estimate of drug-likeness (QED) is 0.939. The molecule has 2 N–H and O–H groups in total. The number of hydrogen-bond acceptors (Lipinski definition) is 4. The van der Waals surface area contributed by atoms with E-state index < -0.39 is 9.84 Å². The lowest BCUT2D eigenvalue weighted by atomic mass is 9.88. The van der Waals surface area contributed by atoms with Crippen molar-refractivity contribution in [3.8, 4) is 0 Å². The summed E-state index contributed by atoms with van der Waals surface area (Å²) in [4.78, 5) is 0. The lowest BCUT2D eigenvalue weighted by Gasteiger charge is -2.30. The molecule has 0 amide bonds. The van der Waals surface area contributed by atoms with Gasteiger partial charge in [0.1, 0.15) is 9.84 Å². The average molecular weight is 305 g/mol. The van der Waals surface area contributed by atoms with Gasteiger partial charge < -0.3 is 5.73 Å². The van der Waals surface area contributed by atoms with Gasteiger partial charge >= 0.3 is 0 Å². The molecule has 112 valence electrons. The van der Waals surface area contributed by atoms with E-state index in [-0.39, 0.29) is 23.5 Å². The molecule has 0 saturated carbocycles. The third-order valence-electron chi connectivity index (χ3n) is 4.09. The minimum absolute atomic E-state index is 0.0407. The predicted octanol–water partition coefficient (Wildman–Crippen LogP) is 1.88. The molecule has 0 aliphatic carbocycles. The Balaban J connectivity index is 1.94. The fraction of sp³-hybridized carbons (Fsp3) is 0.400. The molecule has 3 rings (SSSR count). The van der Waals surface area contributed by atoms with Crippen LogP contribution in [-0.2, 0) is 9.84 Å². The molecule has 1 aliphatic heterocycles. The second kappa shape index (κ2) is 5.52. The van der Waals surface area contributed by atoms with Crippen LogP contribution >= 0.6 is 0 Å². The fourth-order valence-electron chi connectivity index (χ4n) is 3.02. The van der Waals surface area contributed by atoms with Crippen molar-refractivity contribution in [2.75, 3.05) is 17.2 Å². The molecule has 21 heavy (non-hydrogen) atoms. The summed E-state index contributed by atoms with van der Waals surface area (Å²) in [6, 6.07) is 10.1. The first-order valence-corrected chi connectivity index (χ1v) is 8.92. The van der Waals surface area contributed by atoms with Crippen molar-refractivity contribution in [3.63, 3.8) is 0 Å². The first-order chi connectivity index (χ1) is 10.1. The lowest BCUT2D eigenvalue weighted by Crippen LogP contribution is -2.30. The van der Waals surface area contributed by atoms with Crippen molar-refractivity contribution in [2.45, 2.75) is 18.9 Å². The summed E-state index contributed by atoms with van der Waals surface area (Å²) in [5.74, 6) is 0.783. The molecule has 1 aliphatic rings. The summed E-state index contributed by atoms with van der Waals surface area (Å²) < 4.78 is 25.2. The zero-order valence-corrected chi connectivity index (χ0v) is 12.5. The van der Waals surface area contributed by atoms with Gasteiger partial charge in [-0.2, -0.15) is 5.10 Å². The molecule has 2 heterocycles. The number of hydrogen-bond donors (Lipinski definition) is 1. The van der Waals surface area contributed by atoms with E-state index in [1.54, 1.807) is 6.20 Å². The van der Waals surface area contributed by atoms with E-state index in [9.17, 15) is 8.42 Å². The highest BCUT2D eigenvalue weighted by molar-refractivity contribution is 7.91. The Hall–Kier alpha value is -1.82. The van der Waals surface area contributed by atoms with Crippen LogP contribution in [0.4, 0.5) is 5.69 Å². The minimum Gasteiger partial charge on any atom is -0.396 e. The van der Waals surface area contributed by atoms with E-state index in [4.69, 9.17) is 5.73 Å². The number of aromatic nitrogens is 2. The van der Waals surface area contributed by atoms with Crippen LogP contribution in [0.2, 0.25) is 0 Å². The van der Waals surface area contributed by atoms with Crippen LogP contribution in [0.1, 0.15) is 24.4 Å². The van der Waals surface area contributed by atoms with Gasteiger partial charge in [0.15, 0.2) is 0 Å². The van der Waals surface area contributed by atoms with Crippen molar-refractivity contribution < 1.29 is 8.42 Å². The normalized spacial score (nSPS) is 20.2. The van der Waals surface area contributed by atoms with Crippen LogP contribution in [-0.4, -0.2) is 29.7 Å². The Bertz CT molecular complexity index is 696. The summed E-state index contributed by atoms with van der Waals surface area (Å²) in [5, 5.41) is 4.35. The van der Waals surface area contributed by atoms with Crippen molar-refractivity contribution in [3.05, 3.63) is 48.3 Å². The fourth-order valence-corrected chi connectivity index (χ4v) is 4.55. The molecule has 1 aromatic carbocycles. The Labute approximate surface area is 124 Å². The molecule has 1 fully saturated rings. The summed E-state index contributed by atoms with van der Waals surface area (Å²) in [5.41, 5.74) is 7.56. The number of nitrogen functional groups attached to an aromatic ring is 1. The third kappa shape index (κ3) is 3.10. The highest BCUT2D eigenvalue weighted by Crippen LogP contribution is 2.34. The Morgan fingerprint density at radius 3 is 2.43 bits per heavy atom. The molecule has 1 aromatic heterocycles. The maximum Gasteiger partial charge on any atom is 0.150 e. The van der Waals surface area contributed by atoms with Crippen LogP contribution in [0, 0.1) is 5.92 Å². The summed E-state index contributed by atoms with van der Waals surface area (Å²) >= 11 is 0. The number of anilines is 1. The predicted molar refractivity (Wildman–Crippen MR) is 82.6 cm³/mol. The maximum absolute atomic E-state index is 11.7. The van der Waals surface area contributed by atoms with E-state index in [0.29, 0.717) is 18.5 Å². The van der Waals surface area contributed by atoms with E-state index in [2.05, 4.69) is 17.2 Å². The van der Waals surface area contributed by atoms with Gasteiger partial charge in [0.05, 0.1) is 29.4 Å². The van der Waals surface area contributed by atoms with Gasteiger partial charge in [-0.05, 0) is 24.3 Å². The zero-order valence-electron chi connectivity index (χ0n) is 11.7. The van der Waals surface area contributed by atoms with Gasteiger partial charge in [-0.25, -0.2) is 8.42 Å². The largest absolute Gasteiger partial charge is 0.396 e. The highest BCUT2D eigenvalue weighted by atomic mass is 32.2. The number of sulfone groups is 1. The first kappa shape index (κ1) is 14.1. The minimum atomic E-state index is -2.86. The molecule has 1 atom stereocenters. The van der Waals surface area contributed by atoms with Gasteiger partial charge in [-0.15, -0.1) is 0 Å².